The van der Waals surface area contributed by atoms with Crippen molar-refractivity contribution in [3.05, 3.63) is 69.0 Å². The maximum Gasteiger partial charge on any atom is 0.225 e. The number of rotatable bonds is 2. The molecular formula is C17H8Cl4N4. The second-order valence-electron chi connectivity index (χ2n) is 5.18. The number of imidazole rings is 1. The van der Waals surface area contributed by atoms with Crippen LogP contribution in [0, 0.1) is 0 Å². The maximum absolute atomic E-state index is 6.37. The molecule has 124 valence electrons. The molecule has 0 spiro atoms. The Hall–Kier alpha value is -1.85. The summed E-state index contributed by atoms with van der Waals surface area (Å²) in [6.07, 6.45) is 0. The lowest BCUT2D eigenvalue weighted by Crippen LogP contribution is -1.99. The van der Waals surface area contributed by atoms with Crippen molar-refractivity contribution in [1.82, 2.24) is 19.5 Å². The second-order valence-corrected chi connectivity index (χ2v) is 6.72. The Labute approximate surface area is 163 Å². The summed E-state index contributed by atoms with van der Waals surface area (Å²) in [5, 5.41) is 1.40. The fourth-order valence-corrected chi connectivity index (χ4v) is 3.32. The summed E-state index contributed by atoms with van der Waals surface area (Å²) in [6.45, 7) is 0. The molecule has 0 atom stereocenters. The van der Waals surface area contributed by atoms with Gasteiger partial charge >= 0.3 is 0 Å². The molecule has 0 unspecified atom stereocenters. The van der Waals surface area contributed by atoms with Gasteiger partial charge in [-0.1, -0.05) is 46.9 Å². The van der Waals surface area contributed by atoms with Gasteiger partial charge in [0.15, 0.2) is 10.8 Å². The molecule has 0 aliphatic rings. The van der Waals surface area contributed by atoms with E-state index in [2.05, 4.69) is 15.0 Å². The van der Waals surface area contributed by atoms with Crippen molar-refractivity contribution in [3.8, 4) is 17.1 Å². The SMILES string of the molecule is Clc1ccc(-n2c(-c3ccccc3Cl)nc3c(Cl)nc(Cl)nc32)cc1. The van der Waals surface area contributed by atoms with Crippen molar-refractivity contribution in [3.63, 3.8) is 0 Å². The maximum atomic E-state index is 6.37. The molecule has 0 saturated heterocycles. The molecule has 4 nitrogen and oxygen atoms in total. The van der Waals surface area contributed by atoms with E-state index in [0.29, 0.717) is 27.0 Å². The minimum atomic E-state index is 0.0401. The molecule has 2 aromatic carbocycles. The van der Waals surface area contributed by atoms with E-state index in [1.165, 1.54) is 0 Å². The van der Waals surface area contributed by atoms with Crippen LogP contribution < -0.4 is 0 Å². The van der Waals surface area contributed by atoms with Crippen LogP contribution in [0.4, 0.5) is 0 Å². The summed E-state index contributed by atoms with van der Waals surface area (Å²) < 4.78 is 1.83. The van der Waals surface area contributed by atoms with E-state index in [1.54, 1.807) is 18.2 Å². The number of fused-ring (bicyclic) bond motifs is 1. The number of halogens is 4. The lowest BCUT2D eigenvalue weighted by Gasteiger charge is -2.10. The monoisotopic (exact) mass is 408 g/mol. The van der Waals surface area contributed by atoms with E-state index in [-0.39, 0.29) is 10.4 Å². The van der Waals surface area contributed by atoms with E-state index in [0.717, 1.165) is 11.3 Å². The predicted molar refractivity (Wildman–Crippen MR) is 102 cm³/mol. The first-order chi connectivity index (χ1) is 12.0. The molecule has 0 N–H and O–H groups in total. The van der Waals surface area contributed by atoms with Crippen LogP contribution in [-0.4, -0.2) is 19.5 Å². The van der Waals surface area contributed by atoms with Crippen LogP contribution >= 0.6 is 46.4 Å². The minimum Gasteiger partial charge on any atom is -0.276 e. The Balaban J connectivity index is 2.12. The number of aromatic nitrogens is 4. The van der Waals surface area contributed by atoms with Gasteiger partial charge in [-0.15, -0.1) is 0 Å². The number of hydrogen-bond donors (Lipinski definition) is 0. The Morgan fingerprint density at radius 2 is 1.48 bits per heavy atom. The van der Waals surface area contributed by atoms with Gasteiger partial charge in [0, 0.05) is 16.3 Å². The number of benzene rings is 2. The highest BCUT2D eigenvalue weighted by molar-refractivity contribution is 6.35. The molecule has 0 fully saturated rings. The molecule has 8 heteroatoms. The summed E-state index contributed by atoms with van der Waals surface area (Å²) in [5.41, 5.74) is 2.47. The molecule has 25 heavy (non-hydrogen) atoms. The average molecular weight is 410 g/mol. The van der Waals surface area contributed by atoms with Crippen molar-refractivity contribution < 1.29 is 0 Å². The largest absolute Gasteiger partial charge is 0.276 e. The van der Waals surface area contributed by atoms with Crippen LogP contribution in [0.2, 0.25) is 20.5 Å². The molecular weight excluding hydrogens is 402 g/mol. The van der Waals surface area contributed by atoms with Crippen molar-refractivity contribution in [2.45, 2.75) is 0 Å². The standard InChI is InChI=1S/C17H8Cl4N4/c18-9-5-7-10(8-6-9)25-15(11-3-1-2-4-12(11)19)22-13-14(20)23-17(21)24-16(13)25/h1-8H. The third-order valence-electron chi connectivity index (χ3n) is 3.64. The predicted octanol–water partition coefficient (Wildman–Crippen LogP) is 6.10. The Morgan fingerprint density at radius 3 is 2.20 bits per heavy atom. The molecule has 0 radical (unpaired) electrons. The van der Waals surface area contributed by atoms with E-state index in [4.69, 9.17) is 46.4 Å². The van der Waals surface area contributed by atoms with Gasteiger partial charge in [0.05, 0.1) is 5.02 Å². The molecule has 0 aliphatic carbocycles. The zero-order valence-corrected chi connectivity index (χ0v) is 15.4. The van der Waals surface area contributed by atoms with E-state index in [9.17, 15) is 0 Å². The van der Waals surface area contributed by atoms with Crippen LogP contribution in [0.15, 0.2) is 48.5 Å². The van der Waals surface area contributed by atoms with Gasteiger partial charge in [-0.05, 0) is 48.0 Å². The quantitative estimate of drug-likeness (QED) is 0.297. The first-order valence-corrected chi connectivity index (χ1v) is 8.68. The summed E-state index contributed by atoms with van der Waals surface area (Å²) >= 11 is 24.6. The van der Waals surface area contributed by atoms with Gasteiger partial charge in [-0.2, -0.15) is 4.98 Å². The Kier molecular flexibility index (Phi) is 4.29. The van der Waals surface area contributed by atoms with Gasteiger partial charge in [-0.3, -0.25) is 4.57 Å². The van der Waals surface area contributed by atoms with Crippen molar-refractivity contribution in [1.29, 1.82) is 0 Å². The van der Waals surface area contributed by atoms with Gasteiger partial charge in [0.25, 0.3) is 0 Å². The Morgan fingerprint density at radius 1 is 0.760 bits per heavy atom. The second kappa shape index (κ2) is 6.46. The van der Waals surface area contributed by atoms with Gasteiger partial charge in [0.1, 0.15) is 11.3 Å². The van der Waals surface area contributed by atoms with Crippen molar-refractivity contribution >= 4 is 57.6 Å². The average Bonchev–Trinajstić information content (AvgIpc) is 2.95. The van der Waals surface area contributed by atoms with Crippen LogP contribution in [-0.2, 0) is 0 Å². The molecule has 2 aromatic heterocycles. The highest BCUT2D eigenvalue weighted by Crippen LogP contribution is 2.34. The molecule has 0 bridgehead atoms. The zero-order chi connectivity index (χ0) is 17.6. The van der Waals surface area contributed by atoms with Crippen LogP contribution in [0.1, 0.15) is 0 Å². The molecule has 0 saturated carbocycles. The highest BCUT2D eigenvalue weighted by atomic mass is 35.5. The van der Waals surface area contributed by atoms with Gasteiger partial charge < -0.3 is 0 Å². The third-order valence-corrected chi connectivity index (χ3v) is 4.65. The van der Waals surface area contributed by atoms with Crippen LogP contribution in [0.25, 0.3) is 28.2 Å². The molecule has 0 amide bonds. The molecule has 4 aromatic rings. The van der Waals surface area contributed by atoms with Crippen molar-refractivity contribution in [2.24, 2.45) is 0 Å². The topological polar surface area (TPSA) is 43.6 Å². The first-order valence-electron chi connectivity index (χ1n) is 7.17. The molecule has 0 aliphatic heterocycles. The van der Waals surface area contributed by atoms with Gasteiger partial charge in [0.2, 0.25) is 5.28 Å². The summed E-state index contributed by atoms with van der Waals surface area (Å²) in [5.74, 6) is 0.585. The third kappa shape index (κ3) is 2.96. The number of nitrogens with zero attached hydrogens (tertiary/aromatic N) is 4. The fourth-order valence-electron chi connectivity index (χ4n) is 2.56. The van der Waals surface area contributed by atoms with Crippen molar-refractivity contribution in [2.75, 3.05) is 0 Å². The summed E-state index contributed by atoms with van der Waals surface area (Å²) in [4.78, 5) is 12.9. The molecule has 2 heterocycles. The normalized spacial score (nSPS) is 11.2. The first kappa shape index (κ1) is 16.6. The lowest BCUT2D eigenvalue weighted by atomic mass is 10.2. The Bertz CT molecular complexity index is 1090. The summed E-state index contributed by atoms with van der Waals surface area (Å²) in [7, 11) is 0. The zero-order valence-electron chi connectivity index (χ0n) is 12.4. The fraction of sp³-hybridized carbons (Fsp3) is 0. The number of hydrogen-bond acceptors (Lipinski definition) is 3. The van der Waals surface area contributed by atoms with Gasteiger partial charge in [-0.25, -0.2) is 9.97 Å². The highest BCUT2D eigenvalue weighted by Gasteiger charge is 2.20. The van der Waals surface area contributed by atoms with E-state index in [1.807, 2.05) is 34.9 Å². The van der Waals surface area contributed by atoms with E-state index < -0.39 is 0 Å². The minimum absolute atomic E-state index is 0.0401. The van der Waals surface area contributed by atoms with Crippen LogP contribution in [0.3, 0.4) is 0 Å². The van der Waals surface area contributed by atoms with E-state index >= 15 is 0 Å². The van der Waals surface area contributed by atoms with Crippen LogP contribution in [0.5, 0.6) is 0 Å². The summed E-state index contributed by atoms with van der Waals surface area (Å²) in [6, 6.07) is 14.7. The lowest BCUT2D eigenvalue weighted by molar-refractivity contribution is 1.07. The molecule has 4 rings (SSSR count). The smallest absolute Gasteiger partial charge is 0.225 e.